The summed E-state index contributed by atoms with van der Waals surface area (Å²) in [6.07, 6.45) is -0.709. The monoisotopic (exact) mass is 410 g/mol. The second-order valence-corrected chi connectivity index (χ2v) is 10.7. The van der Waals surface area contributed by atoms with Gasteiger partial charge in [-0.25, -0.2) is 0 Å². The molecule has 0 aliphatic carbocycles. The molecule has 0 aromatic rings. The molecule has 162 valence electrons. The van der Waals surface area contributed by atoms with Crippen LogP contribution < -0.4 is 5.32 Å². The smallest absolute Gasteiger partial charge is 0.348 e. The Morgan fingerprint density at radius 3 is 2.07 bits per heavy atom. The van der Waals surface area contributed by atoms with Gasteiger partial charge in [0.05, 0.1) is 12.7 Å². The highest BCUT2D eigenvalue weighted by molar-refractivity contribution is 7.53. The first kappa shape index (κ1) is 26.5. The number of amides is 1. The van der Waals surface area contributed by atoms with Crippen LogP contribution in [0, 0.1) is 5.41 Å². The summed E-state index contributed by atoms with van der Waals surface area (Å²) in [5, 5.41) is 12.8. The van der Waals surface area contributed by atoms with Crippen molar-refractivity contribution in [2.75, 3.05) is 13.2 Å². The number of carbonyl (C=O) groups is 1. The van der Waals surface area contributed by atoms with E-state index >= 15 is 0 Å². The predicted octanol–water partition coefficient (Wildman–Crippen LogP) is 2.89. The number of hydrogen-bond donors (Lipinski definition) is 3. The lowest BCUT2D eigenvalue weighted by molar-refractivity contribution is -0.257. The first-order valence-corrected chi connectivity index (χ1v) is 11.1. The highest BCUT2D eigenvalue weighted by Gasteiger charge is 2.51. The van der Waals surface area contributed by atoms with E-state index in [1.165, 1.54) is 5.06 Å². The van der Waals surface area contributed by atoms with Crippen LogP contribution in [-0.2, 0) is 18.7 Å². The maximum atomic E-state index is 13.2. The van der Waals surface area contributed by atoms with E-state index in [-0.39, 0.29) is 13.2 Å². The van der Waals surface area contributed by atoms with Crippen molar-refractivity contribution >= 4 is 13.5 Å². The van der Waals surface area contributed by atoms with Gasteiger partial charge >= 0.3 is 7.60 Å². The van der Waals surface area contributed by atoms with Crippen molar-refractivity contribution < 1.29 is 28.7 Å². The molecule has 9 heteroatoms. The summed E-state index contributed by atoms with van der Waals surface area (Å²) < 4.78 is 18.7. The second kappa shape index (κ2) is 10.3. The molecule has 0 saturated carbocycles. The molecule has 27 heavy (non-hydrogen) atoms. The Balaban J connectivity index is 5.87. The Bertz CT molecular complexity index is 515. The molecule has 0 bridgehead atoms. The van der Waals surface area contributed by atoms with Crippen LogP contribution in [0.2, 0.25) is 0 Å². The molecule has 0 heterocycles. The van der Waals surface area contributed by atoms with Gasteiger partial charge in [-0.1, -0.05) is 27.7 Å². The minimum Gasteiger partial charge on any atom is -0.395 e. The number of nitrogens with zero attached hydrogens (tertiary/aromatic N) is 1. The molecule has 0 saturated heterocycles. The van der Waals surface area contributed by atoms with Gasteiger partial charge < -0.3 is 19.8 Å². The Morgan fingerprint density at radius 2 is 1.70 bits per heavy atom. The Kier molecular flexibility index (Phi) is 10.1. The third-order valence-corrected chi connectivity index (χ3v) is 6.19. The van der Waals surface area contributed by atoms with E-state index in [1.807, 2.05) is 48.5 Å². The number of aliphatic hydroxyl groups excluding tert-OH is 1. The Hall–Kier alpha value is -0.500. The summed E-state index contributed by atoms with van der Waals surface area (Å²) >= 11 is 0. The Morgan fingerprint density at radius 1 is 1.19 bits per heavy atom. The zero-order chi connectivity index (χ0) is 21.6. The fourth-order valence-corrected chi connectivity index (χ4v) is 4.91. The summed E-state index contributed by atoms with van der Waals surface area (Å²) in [7, 11) is -4.13. The van der Waals surface area contributed by atoms with Gasteiger partial charge in [0.25, 0.3) is 5.91 Å². The van der Waals surface area contributed by atoms with Gasteiger partial charge in [-0.05, 0) is 46.5 Å². The van der Waals surface area contributed by atoms with E-state index in [0.717, 1.165) is 0 Å². The number of nitrogens with one attached hydrogen (secondary N) is 1. The molecule has 0 rings (SSSR count). The topological polar surface area (TPSA) is 108 Å². The van der Waals surface area contributed by atoms with Crippen LogP contribution in [0.5, 0.6) is 0 Å². The maximum absolute atomic E-state index is 13.2. The van der Waals surface area contributed by atoms with Gasteiger partial charge in [-0.2, -0.15) is 5.06 Å². The molecule has 0 radical (unpaired) electrons. The highest BCUT2D eigenvalue weighted by atomic mass is 31.2. The molecule has 0 fully saturated rings. The van der Waals surface area contributed by atoms with E-state index < -0.39 is 42.4 Å². The van der Waals surface area contributed by atoms with Crippen LogP contribution in [0.25, 0.3) is 0 Å². The van der Waals surface area contributed by atoms with Crippen LogP contribution >= 0.6 is 7.60 Å². The summed E-state index contributed by atoms with van der Waals surface area (Å²) in [6.45, 7) is 16.1. The van der Waals surface area contributed by atoms with Crippen molar-refractivity contribution in [3.8, 4) is 0 Å². The van der Waals surface area contributed by atoms with Crippen LogP contribution in [0.1, 0.15) is 68.7 Å². The third kappa shape index (κ3) is 8.59. The van der Waals surface area contributed by atoms with Gasteiger partial charge in [-0.3, -0.25) is 14.2 Å². The van der Waals surface area contributed by atoms with Gasteiger partial charge in [0.1, 0.15) is 5.78 Å². The van der Waals surface area contributed by atoms with Crippen LogP contribution in [-0.4, -0.2) is 57.7 Å². The van der Waals surface area contributed by atoms with Crippen molar-refractivity contribution in [2.45, 2.75) is 92.3 Å². The number of aliphatic hydroxyl groups is 1. The van der Waals surface area contributed by atoms with Crippen molar-refractivity contribution in [3.63, 3.8) is 0 Å². The third-order valence-electron chi connectivity index (χ3n) is 3.92. The lowest BCUT2D eigenvalue weighted by atomic mass is 9.94. The fourth-order valence-electron chi connectivity index (χ4n) is 2.49. The van der Waals surface area contributed by atoms with E-state index in [2.05, 4.69) is 5.32 Å². The predicted molar refractivity (Wildman–Crippen MR) is 106 cm³/mol. The highest BCUT2D eigenvalue weighted by Crippen LogP contribution is 2.57. The molecule has 3 N–H and O–H groups in total. The van der Waals surface area contributed by atoms with Crippen LogP contribution in [0.15, 0.2) is 0 Å². The van der Waals surface area contributed by atoms with E-state index in [4.69, 9.17) is 14.5 Å². The van der Waals surface area contributed by atoms with Gasteiger partial charge in [0, 0.05) is 12.1 Å². The van der Waals surface area contributed by atoms with E-state index in [9.17, 15) is 14.3 Å². The summed E-state index contributed by atoms with van der Waals surface area (Å²) in [5.41, 5.74) is -1.35. The molecule has 8 nitrogen and oxygen atoms in total. The molecular weight excluding hydrogens is 371 g/mol. The molecule has 0 aromatic carbocycles. The lowest BCUT2D eigenvalue weighted by Crippen LogP contribution is -2.55. The van der Waals surface area contributed by atoms with E-state index in [1.54, 1.807) is 13.8 Å². The average Bonchev–Trinajstić information content (AvgIpc) is 2.48. The van der Waals surface area contributed by atoms with Crippen LogP contribution in [0.4, 0.5) is 0 Å². The summed E-state index contributed by atoms with van der Waals surface area (Å²) in [4.78, 5) is 28.9. The van der Waals surface area contributed by atoms with Crippen molar-refractivity contribution in [1.82, 2.24) is 10.4 Å². The molecule has 4 unspecified atom stereocenters. The quantitative estimate of drug-likeness (QED) is 0.375. The molecule has 0 aromatic heterocycles. The number of carbonyl (C=O) groups excluding carboxylic acids is 1. The zero-order valence-electron chi connectivity index (χ0n) is 18.3. The average molecular weight is 410 g/mol. The molecule has 1 amide bonds. The second-order valence-electron chi connectivity index (χ2n) is 8.89. The molecule has 0 aliphatic heterocycles. The van der Waals surface area contributed by atoms with Gasteiger partial charge in [0.2, 0.25) is 0 Å². The van der Waals surface area contributed by atoms with Gasteiger partial charge in [-0.15, -0.1) is 0 Å². The standard InChI is InChI=1S/C18H39N2O6P/c1-10-13(2)26-27(23,24)16(17(4,5)6)20(18(7,8)9)25-14(3)15(22)19-11-12-21/h13-14,16,21H,10-12H2,1-9H3,(H,19,22)(H,23,24). The first-order valence-electron chi connectivity index (χ1n) is 9.43. The lowest BCUT2D eigenvalue weighted by Gasteiger charge is -2.47. The van der Waals surface area contributed by atoms with Gasteiger partial charge in [0.15, 0.2) is 6.10 Å². The molecule has 0 aliphatic rings. The number of rotatable bonds is 10. The zero-order valence-corrected chi connectivity index (χ0v) is 19.2. The SMILES string of the molecule is CCC(C)OP(=O)(O)C(N(OC(C)C(=O)NCCO)C(C)(C)C)C(C)(C)C. The largest absolute Gasteiger partial charge is 0.395 e. The molecule has 4 atom stereocenters. The van der Waals surface area contributed by atoms with Crippen molar-refractivity contribution in [1.29, 1.82) is 0 Å². The van der Waals surface area contributed by atoms with Crippen LogP contribution in [0.3, 0.4) is 0 Å². The van der Waals surface area contributed by atoms with Crippen molar-refractivity contribution in [2.24, 2.45) is 5.41 Å². The molecular formula is C18H39N2O6P. The van der Waals surface area contributed by atoms with E-state index in [0.29, 0.717) is 6.42 Å². The summed E-state index contributed by atoms with van der Waals surface area (Å²) in [6, 6.07) is 0. The molecule has 0 spiro atoms. The number of hydroxylamine groups is 2. The fraction of sp³-hybridized carbons (Fsp3) is 0.944. The van der Waals surface area contributed by atoms with Crippen molar-refractivity contribution in [3.05, 3.63) is 0 Å². The number of hydrogen-bond acceptors (Lipinski definition) is 6. The maximum Gasteiger partial charge on any atom is 0.348 e. The minimum atomic E-state index is -4.13. The normalized spacial score (nSPS) is 18.7. The Labute approximate surface area is 164 Å². The summed E-state index contributed by atoms with van der Waals surface area (Å²) in [5.74, 6) is -1.41. The first-order chi connectivity index (χ1) is 12.1. The minimum absolute atomic E-state index is 0.111.